The Labute approximate surface area is 330 Å². The van der Waals surface area contributed by atoms with Crippen molar-refractivity contribution in [2.75, 3.05) is 63.5 Å². The Morgan fingerprint density at radius 3 is 2.38 bits per heavy atom. The number of nitrogens with zero attached hydrogens (tertiary/aromatic N) is 4. The Hall–Kier alpha value is -4.24. The Kier molecular flexibility index (Phi) is 13.6. The number of alkyl halides is 3. The van der Waals surface area contributed by atoms with Gasteiger partial charge in [-0.1, -0.05) is 43.1 Å². The molecule has 4 aliphatic rings. The number of nitrogens with one attached hydrogen (secondary N) is 1. The number of carbonyl (C=O) groups is 4. The fraction of sp³-hybridized carbons (Fsp3) is 0.600. The van der Waals surface area contributed by atoms with Gasteiger partial charge in [0.1, 0.15) is 0 Å². The molecule has 0 aliphatic carbocycles. The van der Waals surface area contributed by atoms with E-state index in [0.717, 1.165) is 49.5 Å². The van der Waals surface area contributed by atoms with Crippen LogP contribution >= 0.6 is 11.6 Å². The minimum atomic E-state index is -4.79. The molecule has 2 atom stereocenters. The number of anilines is 2. The number of carbonyl (C=O) groups excluding carboxylic acids is 4. The van der Waals surface area contributed by atoms with Crippen LogP contribution in [0.1, 0.15) is 75.0 Å². The molecule has 0 unspecified atom stereocenters. The van der Waals surface area contributed by atoms with Crippen LogP contribution in [0.15, 0.2) is 36.4 Å². The van der Waals surface area contributed by atoms with Crippen molar-refractivity contribution in [2.24, 2.45) is 5.92 Å². The molecule has 0 spiro atoms. The predicted molar refractivity (Wildman–Crippen MR) is 205 cm³/mol. The number of para-hydroxylation sites is 1. The largest absolute Gasteiger partial charge is 0.465 e. The van der Waals surface area contributed by atoms with Gasteiger partial charge in [0, 0.05) is 63.5 Å². The molecule has 0 saturated carbocycles. The molecule has 4 amide bonds. The fourth-order valence-corrected chi connectivity index (χ4v) is 8.58. The molecule has 0 aromatic heterocycles. The number of likely N-dealkylation sites (tertiary alicyclic amines) is 3. The Morgan fingerprint density at radius 2 is 1.66 bits per heavy atom. The van der Waals surface area contributed by atoms with Gasteiger partial charge in [-0.05, 0) is 87.2 Å². The van der Waals surface area contributed by atoms with E-state index in [1.807, 2.05) is 31.2 Å². The lowest BCUT2D eigenvalue weighted by molar-refractivity contribution is -0.151. The van der Waals surface area contributed by atoms with Gasteiger partial charge < -0.3 is 35.2 Å². The van der Waals surface area contributed by atoms with Gasteiger partial charge in [-0.25, -0.2) is 9.59 Å². The first-order valence-corrected chi connectivity index (χ1v) is 20.2. The number of amides is 4. The van der Waals surface area contributed by atoms with Crippen LogP contribution in [0.5, 0.6) is 0 Å². The van der Waals surface area contributed by atoms with E-state index in [-0.39, 0.29) is 60.1 Å². The third-order valence-corrected chi connectivity index (χ3v) is 11.9. The van der Waals surface area contributed by atoms with Gasteiger partial charge in [-0.2, -0.15) is 13.2 Å². The maximum atomic E-state index is 14.1. The van der Waals surface area contributed by atoms with Gasteiger partial charge in [-0.15, -0.1) is 0 Å². The number of hydrogen-bond acceptors (Lipinski definition) is 8. The molecule has 3 N–H and O–H groups in total. The number of halogens is 4. The standard InChI is InChI=1S/C40H52ClF3N6O6/c1-2-3-21-55-37(52)28-8-6-15-49(25-28)29-11-16-47(17-12-29)36(51)34(24-26-22-31(40(42,43)44)35(45)32(41)23-26)56-39(54)48-18-13-30(14-19-48)50-20-10-27-7-4-5-9-33(27)46-38(50)53/h4-5,7,9,22-23,28-30,34H,2-3,6,8,10-21,24-25,45H2,1H3,(H,46,53)/t28-,34+/m0/s1. The number of piperidine rings is 3. The third-order valence-electron chi connectivity index (χ3n) is 11.6. The summed E-state index contributed by atoms with van der Waals surface area (Å²) in [6.45, 7) is 5.65. The Bertz CT molecular complexity index is 1730. The number of hydrogen-bond donors (Lipinski definition) is 2. The first kappa shape index (κ1) is 41.4. The van der Waals surface area contributed by atoms with Crippen LogP contribution in [0.4, 0.5) is 34.1 Å². The number of ether oxygens (including phenoxy) is 2. The second-order valence-corrected chi connectivity index (χ2v) is 15.7. The van der Waals surface area contributed by atoms with Crippen molar-refractivity contribution in [2.45, 2.75) is 95.5 Å². The summed E-state index contributed by atoms with van der Waals surface area (Å²) >= 11 is 6.14. The summed E-state index contributed by atoms with van der Waals surface area (Å²) < 4.78 is 53.1. The lowest BCUT2D eigenvalue weighted by atomic mass is 9.93. The van der Waals surface area contributed by atoms with Crippen LogP contribution < -0.4 is 11.1 Å². The molecule has 4 aliphatic heterocycles. The summed E-state index contributed by atoms with van der Waals surface area (Å²) in [5.41, 5.74) is 5.81. The van der Waals surface area contributed by atoms with E-state index in [1.54, 1.807) is 9.80 Å². The van der Waals surface area contributed by atoms with Gasteiger partial charge >= 0.3 is 24.3 Å². The van der Waals surface area contributed by atoms with Crippen molar-refractivity contribution in [3.8, 4) is 0 Å². The highest BCUT2D eigenvalue weighted by Crippen LogP contribution is 2.38. The molecular formula is C40H52ClF3N6O6. The zero-order valence-electron chi connectivity index (χ0n) is 31.8. The van der Waals surface area contributed by atoms with Crippen LogP contribution in [0.2, 0.25) is 5.02 Å². The topological polar surface area (TPSA) is 138 Å². The maximum absolute atomic E-state index is 14.1. The van der Waals surface area contributed by atoms with Crippen molar-refractivity contribution in [3.05, 3.63) is 58.1 Å². The van der Waals surface area contributed by atoms with Crippen LogP contribution in [0, 0.1) is 5.92 Å². The highest BCUT2D eigenvalue weighted by Gasteiger charge is 2.39. The van der Waals surface area contributed by atoms with Gasteiger partial charge in [0.25, 0.3) is 5.91 Å². The molecular weight excluding hydrogens is 753 g/mol. The molecule has 12 nitrogen and oxygen atoms in total. The normalized spacial score (nSPS) is 20.8. The van der Waals surface area contributed by atoms with Crippen LogP contribution in [-0.2, 0) is 38.1 Å². The number of benzene rings is 2. The molecule has 3 fully saturated rings. The Morgan fingerprint density at radius 1 is 0.964 bits per heavy atom. The molecule has 6 rings (SSSR count). The molecule has 56 heavy (non-hydrogen) atoms. The number of unbranched alkanes of at least 4 members (excludes halogenated alkanes) is 1. The van der Waals surface area contributed by atoms with Gasteiger partial charge in [0.05, 0.1) is 28.8 Å². The van der Waals surface area contributed by atoms with Crippen molar-refractivity contribution in [1.82, 2.24) is 19.6 Å². The Balaban J connectivity index is 1.10. The fourth-order valence-electron chi connectivity index (χ4n) is 8.33. The van der Waals surface area contributed by atoms with Crippen molar-refractivity contribution in [1.29, 1.82) is 0 Å². The second kappa shape index (κ2) is 18.4. The maximum Gasteiger partial charge on any atom is 0.418 e. The average molecular weight is 805 g/mol. The third kappa shape index (κ3) is 10.0. The molecule has 16 heteroatoms. The minimum absolute atomic E-state index is 0.0506. The van der Waals surface area contributed by atoms with Crippen molar-refractivity contribution >= 4 is 47.0 Å². The van der Waals surface area contributed by atoms with E-state index in [2.05, 4.69) is 10.2 Å². The molecule has 0 bridgehead atoms. The number of nitrogens with two attached hydrogens (primary N) is 1. The summed E-state index contributed by atoms with van der Waals surface area (Å²) in [6.07, 6.45) is -0.993. The van der Waals surface area contributed by atoms with E-state index in [0.29, 0.717) is 64.9 Å². The smallest absolute Gasteiger partial charge is 0.418 e. The lowest BCUT2D eigenvalue weighted by Crippen LogP contribution is -2.53. The minimum Gasteiger partial charge on any atom is -0.465 e. The molecule has 306 valence electrons. The first-order valence-electron chi connectivity index (χ1n) is 19.8. The van der Waals surface area contributed by atoms with Crippen molar-refractivity contribution < 1.29 is 41.8 Å². The molecule has 2 aromatic rings. The van der Waals surface area contributed by atoms with Gasteiger partial charge in [-0.3, -0.25) is 14.5 Å². The zero-order chi connectivity index (χ0) is 40.0. The van der Waals surface area contributed by atoms with Gasteiger partial charge in [0.15, 0.2) is 6.10 Å². The predicted octanol–water partition coefficient (Wildman–Crippen LogP) is 6.59. The molecule has 0 radical (unpaired) electrons. The molecule has 2 aromatic carbocycles. The summed E-state index contributed by atoms with van der Waals surface area (Å²) in [4.78, 5) is 60.8. The molecule has 4 heterocycles. The van der Waals surface area contributed by atoms with E-state index in [9.17, 15) is 32.3 Å². The number of urea groups is 1. The van der Waals surface area contributed by atoms with E-state index in [1.165, 1.54) is 11.0 Å². The lowest BCUT2D eigenvalue weighted by Gasteiger charge is -2.42. The zero-order valence-corrected chi connectivity index (χ0v) is 32.6. The summed E-state index contributed by atoms with van der Waals surface area (Å²) in [7, 11) is 0. The highest BCUT2D eigenvalue weighted by atomic mass is 35.5. The first-order chi connectivity index (χ1) is 26.8. The summed E-state index contributed by atoms with van der Waals surface area (Å²) in [5, 5.41) is 2.67. The van der Waals surface area contributed by atoms with Crippen LogP contribution in [0.3, 0.4) is 0 Å². The van der Waals surface area contributed by atoms with E-state index < -0.39 is 35.5 Å². The SMILES string of the molecule is CCCCOC(=O)[C@H]1CCCN(C2CCN(C(=O)[C@@H](Cc3cc(Cl)c(N)c(C(F)(F)F)c3)OC(=O)N3CCC(N4CCc5ccccc5NC4=O)CC3)CC2)C1. The quantitative estimate of drug-likeness (QED) is 0.156. The van der Waals surface area contributed by atoms with Crippen LogP contribution in [0.25, 0.3) is 0 Å². The van der Waals surface area contributed by atoms with Crippen molar-refractivity contribution in [3.63, 3.8) is 0 Å². The summed E-state index contributed by atoms with van der Waals surface area (Å²) in [5.74, 6) is -0.870. The summed E-state index contributed by atoms with van der Waals surface area (Å²) in [6, 6.07) is 9.59. The van der Waals surface area contributed by atoms with Crippen LogP contribution in [-0.4, -0.2) is 114 Å². The molecule has 3 saturated heterocycles. The number of esters is 1. The highest BCUT2D eigenvalue weighted by molar-refractivity contribution is 6.33. The average Bonchev–Trinajstić information content (AvgIpc) is 3.36. The second-order valence-electron chi connectivity index (χ2n) is 15.3. The van der Waals surface area contributed by atoms with E-state index in [4.69, 9.17) is 26.8 Å². The number of fused-ring (bicyclic) bond motifs is 1. The number of nitrogen functional groups attached to an aromatic ring is 1. The monoisotopic (exact) mass is 804 g/mol. The van der Waals surface area contributed by atoms with E-state index >= 15 is 0 Å². The number of rotatable bonds is 10. The van der Waals surface area contributed by atoms with Gasteiger partial charge in [0.2, 0.25) is 0 Å².